The maximum absolute atomic E-state index is 12.0. The van der Waals surface area contributed by atoms with Crippen molar-refractivity contribution in [3.8, 4) is 11.8 Å². The van der Waals surface area contributed by atoms with Crippen LogP contribution in [0.25, 0.3) is 0 Å². The maximum Gasteiger partial charge on any atom is 0.200 e. The number of hydrogen-bond acceptors (Lipinski definition) is 3. The summed E-state index contributed by atoms with van der Waals surface area (Å²) in [5, 5.41) is 8.71. The fourth-order valence-corrected chi connectivity index (χ4v) is 2.00. The highest BCUT2D eigenvalue weighted by atomic mass is 16.5. The third-order valence-corrected chi connectivity index (χ3v) is 3.17. The molecule has 0 unspecified atom stereocenters. The average molecular weight is 279 g/mol. The summed E-state index contributed by atoms with van der Waals surface area (Å²) in [5.41, 5.74) is 2.46. The number of rotatable bonds is 6. The summed E-state index contributed by atoms with van der Waals surface area (Å²) in [6, 6.07) is 16.4. The standard InChI is InChI=1S/C18H17NO2/c1-2-3-14-4-8-16(9-5-14)18(20)13-21-17-10-6-15(12-19)7-11-17/h4-11H,2-3,13H2,1H3. The Labute approximate surface area is 124 Å². The monoisotopic (exact) mass is 279 g/mol. The highest BCUT2D eigenvalue weighted by Crippen LogP contribution is 2.13. The highest BCUT2D eigenvalue weighted by Gasteiger charge is 2.07. The normalized spacial score (nSPS) is 9.90. The number of nitrogens with zero attached hydrogens (tertiary/aromatic N) is 1. The van der Waals surface area contributed by atoms with Crippen molar-refractivity contribution < 1.29 is 9.53 Å². The Morgan fingerprint density at radius 1 is 1.10 bits per heavy atom. The molecule has 0 saturated heterocycles. The van der Waals surface area contributed by atoms with Crippen LogP contribution in [-0.2, 0) is 6.42 Å². The van der Waals surface area contributed by atoms with Crippen molar-refractivity contribution in [2.24, 2.45) is 0 Å². The van der Waals surface area contributed by atoms with E-state index in [4.69, 9.17) is 10.00 Å². The fraction of sp³-hybridized carbons (Fsp3) is 0.222. The van der Waals surface area contributed by atoms with Crippen LogP contribution in [0.3, 0.4) is 0 Å². The molecule has 0 aliphatic rings. The number of nitriles is 1. The molecule has 0 aliphatic carbocycles. The predicted octanol–water partition coefficient (Wildman–Crippen LogP) is 3.77. The van der Waals surface area contributed by atoms with Gasteiger partial charge < -0.3 is 4.74 Å². The Kier molecular flexibility index (Phi) is 5.11. The molecule has 21 heavy (non-hydrogen) atoms. The number of benzene rings is 2. The first-order valence-corrected chi connectivity index (χ1v) is 6.98. The summed E-state index contributed by atoms with van der Waals surface area (Å²) in [6.45, 7) is 2.13. The Morgan fingerprint density at radius 3 is 2.33 bits per heavy atom. The van der Waals surface area contributed by atoms with Gasteiger partial charge in [0.25, 0.3) is 0 Å². The van der Waals surface area contributed by atoms with E-state index in [2.05, 4.69) is 6.92 Å². The second kappa shape index (κ2) is 7.25. The van der Waals surface area contributed by atoms with E-state index in [0.717, 1.165) is 12.8 Å². The fourth-order valence-electron chi connectivity index (χ4n) is 2.00. The maximum atomic E-state index is 12.0. The van der Waals surface area contributed by atoms with Crippen molar-refractivity contribution in [1.82, 2.24) is 0 Å². The van der Waals surface area contributed by atoms with Gasteiger partial charge in [-0.1, -0.05) is 37.6 Å². The summed E-state index contributed by atoms with van der Waals surface area (Å²) in [6.07, 6.45) is 2.12. The molecule has 106 valence electrons. The number of aryl methyl sites for hydroxylation is 1. The van der Waals surface area contributed by atoms with Gasteiger partial charge in [0.1, 0.15) is 5.75 Å². The molecule has 0 spiro atoms. The van der Waals surface area contributed by atoms with Gasteiger partial charge in [-0.05, 0) is 36.2 Å². The number of ether oxygens (including phenoxy) is 1. The lowest BCUT2D eigenvalue weighted by Gasteiger charge is -2.06. The molecular formula is C18H17NO2. The van der Waals surface area contributed by atoms with Crippen molar-refractivity contribution in [3.63, 3.8) is 0 Å². The van der Waals surface area contributed by atoms with Crippen molar-refractivity contribution in [2.45, 2.75) is 19.8 Å². The van der Waals surface area contributed by atoms with Gasteiger partial charge in [-0.25, -0.2) is 0 Å². The molecule has 0 aliphatic heterocycles. The van der Waals surface area contributed by atoms with Crippen molar-refractivity contribution in [3.05, 3.63) is 65.2 Å². The van der Waals surface area contributed by atoms with Gasteiger partial charge in [0.2, 0.25) is 0 Å². The smallest absolute Gasteiger partial charge is 0.200 e. The second-order valence-corrected chi connectivity index (χ2v) is 4.79. The van der Waals surface area contributed by atoms with Crippen LogP contribution in [0, 0.1) is 11.3 Å². The van der Waals surface area contributed by atoms with Gasteiger partial charge >= 0.3 is 0 Å². The molecule has 2 aromatic carbocycles. The van der Waals surface area contributed by atoms with Crippen LogP contribution < -0.4 is 4.74 Å². The van der Waals surface area contributed by atoms with Crippen LogP contribution in [0.1, 0.15) is 34.8 Å². The Balaban J connectivity index is 1.93. The van der Waals surface area contributed by atoms with Crippen LogP contribution in [0.4, 0.5) is 0 Å². The Bertz CT molecular complexity index is 636. The highest BCUT2D eigenvalue weighted by molar-refractivity contribution is 5.97. The number of carbonyl (C=O) groups excluding carboxylic acids is 1. The first-order valence-electron chi connectivity index (χ1n) is 6.98. The van der Waals surface area contributed by atoms with Crippen LogP contribution >= 0.6 is 0 Å². The van der Waals surface area contributed by atoms with Crippen LogP contribution in [-0.4, -0.2) is 12.4 Å². The molecule has 2 rings (SSSR count). The lowest BCUT2D eigenvalue weighted by molar-refractivity contribution is 0.0921. The zero-order valence-electron chi connectivity index (χ0n) is 12.0. The van der Waals surface area contributed by atoms with E-state index >= 15 is 0 Å². The molecule has 0 atom stereocenters. The molecule has 0 heterocycles. The molecule has 3 nitrogen and oxygen atoms in total. The average Bonchev–Trinajstić information content (AvgIpc) is 2.54. The van der Waals surface area contributed by atoms with Crippen LogP contribution in [0.15, 0.2) is 48.5 Å². The van der Waals surface area contributed by atoms with Crippen molar-refractivity contribution >= 4 is 5.78 Å². The minimum atomic E-state index is -0.0533. The number of ketones is 1. The van der Waals surface area contributed by atoms with E-state index in [0.29, 0.717) is 16.9 Å². The molecule has 0 saturated carbocycles. The zero-order valence-corrected chi connectivity index (χ0v) is 12.0. The lowest BCUT2D eigenvalue weighted by Crippen LogP contribution is -2.11. The third kappa shape index (κ3) is 4.19. The molecule has 0 amide bonds. The Hall–Kier alpha value is -2.60. The quantitative estimate of drug-likeness (QED) is 0.756. The largest absolute Gasteiger partial charge is 0.485 e. The predicted molar refractivity (Wildman–Crippen MR) is 81.4 cm³/mol. The minimum absolute atomic E-state index is 0.000968. The van der Waals surface area contributed by atoms with E-state index in [9.17, 15) is 4.79 Å². The number of Topliss-reactive ketones (excluding diaryl/α,β-unsaturated/α-hetero) is 1. The SMILES string of the molecule is CCCc1ccc(C(=O)COc2ccc(C#N)cc2)cc1. The van der Waals surface area contributed by atoms with Gasteiger partial charge in [-0.3, -0.25) is 4.79 Å². The van der Waals surface area contributed by atoms with E-state index in [-0.39, 0.29) is 12.4 Å². The topological polar surface area (TPSA) is 50.1 Å². The molecule has 3 heteroatoms. The van der Waals surface area contributed by atoms with Gasteiger partial charge in [0, 0.05) is 5.56 Å². The summed E-state index contributed by atoms with van der Waals surface area (Å²) in [4.78, 5) is 12.0. The van der Waals surface area contributed by atoms with Crippen LogP contribution in [0.2, 0.25) is 0 Å². The second-order valence-electron chi connectivity index (χ2n) is 4.79. The van der Waals surface area contributed by atoms with E-state index in [1.165, 1.54) is 5.56 Å². The number of carbonyl (C=O) groups is 1. The molecular weight excluding hydrogens is 262 g/mol. The summed E-state index contributed by atoms with van der Waals surface area (Å²) < 4.78 is 5.44. The van der Waals surface area contributed by atoms with Gasteiger partial charge in [-0.2, -0.15) is 5.26 Å². The molecule has 0 N–H and O–H groups in total. The molecule has 0 aromatic heterocycles. The molecule has 0 radical (unpaired) electrons. The summed E-state index contributed by atoms with van der Waals surface area (Å²) in [5.74, 6) is 0.535. The van der Waals surface area contributed by atoms with Gasteiger partial charge in [0.15, 0.2) is 12.4 Å². The molecule has 2 aromatic rings. The van der Waals surface area contributed by atoms with E-state index in [1.54, 1.807) is 24.3 Å². The van der Waals surface area contributed by atoms with Crippen LogP contribution in [0.5, 0.6) is 5.75 Å². The minimum Gasteiger partial charge on any atom is -0.485 e. The zero-order chi connectivity index (χ0) is 15.1. The van der Waals surface area contributed by atoms with Crippen molar-refractivity contribution in [2.75, 3.05) is 6.61 Å². The first kappa shape index (κ1) is 14.8. The summed E-state index contributed by atoms with van der Waals surface area (Å²) in [7, 11) is 0. The molecule has 0 fully saturated rings. The first-order chi connectivity index (χ1) is 10.2. The van der Waals surface area contributed by atoms with Gasteiger partial charge in [-0.15, -0.1) is 0 Å². The number of hydrogen-bond donors (Lipinski definition) is 0. The van der Waals surface area contributed by atoms with E-state index < -0.39 is 0 Å². The molecule has 0 bridgehead atoms. The van der Waals surface area contributed by atoms with Gasteiger partial charge in [0.05, 0.1) is 11.6 Å². The van der Waals surface area contributed by atoms with E-state index in [1.807, 2.05) is 30.3 Å². The Morgan fingerprint density at radius 2 is 1.76 bits per heavy atom. The summed E-state index contributed by atoms with van der Waals surface area (Å²) >= 11 is 0. The lowest BCUT2D eigenvalue weighted by atomic mass is 10.1. The van der Waals surface area contributed by atoms with Crippen molar-refractivity contribution in [1.29, 1.82) is 5.26 Å². The third-order valence-electron chi connectivity index (χ3n) is 3.17.